The van der Waals surface area contributed by atoms with Gasteiger partial charge in [-0.15, -0.1) is 0 Å². The molecule has 5 aliphatic rings. The number of hydrogen-bond acceptors (Lipinski definition) is 4. The van der Waals surface area contributed by atoms with Crippen LogP contribution in [0.4, 0.5) is 5.69 Å². The Morgan fingerprint density at radius 2 is 1.65 bits per heavy atom. The van der Waals surface area contributed by atoms with E-state index in [0.717, 1.165) is 6.42 Å². The Morgan fingerprint density at radius 1 is 1.08 bits per heavy atom. The largest absolute Gasteiger partial charge is 0.497 e. The molecular weight excluding hydrogens is 332 g/mol. The van der Waals surface area contributed by atoms with Crippen LogP contribution < -0.4 is 10.1 Å². The Morgan fingerprint density at radius 3 is 2.19 bits per heavy atom. The van der Waals surface area contributed by atoms with Crippen molar-refractivity contribution < 1.29 is 19.1 Å². The number of amides is 3. The van der Waals surface area contributed by atoms with Crippen LogP contribution in [0.25, 0.3) is 0 Å². The van der Waals surface area contributed by atoms with E-state index in [0.29, 0.717) is 23.3 Å². The molecular formula is C20H20N2O4. The van der Waals surface area contributed by atoms with Gasteiger partial charge in [0.1, 0.15) is 12.3 Å². The normalized spacial score (nSPS) is 36.0. The number of methoxy groups -OCH3 is 1. The fourth-order valence-electron chi connectivity index (χ4n) is 5.19. The summed E-state index contributed by atoms with van der Waals surface area (Å²) in [6.45, 7) is -0.217. The van der Waals surface area contributed by atoms with Crippen molar-refractivity contribution in [3.8, 4) is 5.75 Å². The Bertz CT molecular complexity index is 795. The second kappa shape index (κ2) is 5.43. The van der Waals surface area contributed by atoms with Crippen molar-refractivity contribution in [3.63, 3.8) is 0 Å². The molecule has 6 heteroatoms. The monoisotopic (exact) mass is 352 g/mol. The molecule has 0 spiro atoms. The van der Waals surface area contributed by atoms with Gasteiger partial charge in [-0.05, 0) is 54.4 Å². The summed E-state index contributed by atoms with van der Waals surface area (Å²) in [5.74, 6) is 0.975. The van der Waals surface area contributed by atoms with Gasteiger partial charge < -0.3 is 10.1 Å². The Kier molecular flexibility index (Phi) is 3.26. The van der Waals surface area contributed by atoms with Gasteiger partial charge in [0.25, 0.3) is 0 Å². The second-order valence-electron chi connectivity index (χ2n) is 7.69. The number of carbonyl (C=O) groups excluding carboxylic acids is 3. The second-order valence-corrected chi connectivity index (χ2v) is 7.69. The van der Waals surface area contributed by atoms with E-state index in [1.54, 1.807) is 31.4 Å². The number of imide groups is 1. The van der Waals surface area contributed by atoms with Gasteiger partial charge in [0.2, 0.25) is 17.7 Å². The van der Waals surface area contributed by atoms with E-state index in [1.807, 2.05) is 0 Å². The fourth-order valence-corrected chi connectivity index (χ4v) is 5.19. The smallest absolute Gasteiger partial charge is 0.244 e. The van der Waals surface area contributed by atoms with Gasteiger partial charge in [-0.25, -0.2) is 0 Å². The number of benzene rings is 1. The molecule has 2 bridgehead atoms. The average molecular weight is 352 g/mol. The molecule has 1 aliphatic heterocycles. The van der Waals surface area contributed by atoms with Crippen molar-refractivity contribution in [1.82, 2.24) is 4.90 Å². The third kappa shape index (κ3) is 2.14. The molecule has 1 aromatic rings. The lowest BCUT2D eigenvalue weighted by atomic mass is 9.63. The lowest BCUT2D eigenvalue weighted by Crippen LogP contribution is -2.40. The van der Waals surface area contributed by atoms with Crippen LogP contribution in [0.1, 0.15) is 6.42 Å². The van der Waals surface area contributed by atoms with E-state index >= 15 is 0 Å². The topological polar surface area (TPSA) is 75.7 Å². The lowest BCUT2D eigenvalue weighted by molar-refractivity contribution is -0.142. The molecule has 3 fully saturated rings. The minimum atomic E-state index is -0.360. The first-order chi connectivity index (χ1) is 12.6. The number of carbonyl (C=O) groups is 3. The number of ether oxygens (including phenoxy) is 1. The maximum absolute atomic E-state index is 12.9. The zero-order valence-corrected chi connectivity index (χ0v) is 14.4. The molecule has 6 rings (SSSR count). The molecule has 1 saturated heterocycles. The maximum atomic E-state index is 12.9. The van der Waals surface area contributed by atoms with Crippen molar-refractivity contribution in [2.75, 3.05) is 19.0 Å². The molecule has 134 valence electrons. The highest BCUT2D eigenvalue weighted by Gasteiger charge is 2.67. The summed E-state index contributed by atoms with van der Waals surface area (Å²) in [5, 5.41) is 2.74. The third-order valence-electron chi connectivity index (χ3n) is 6.43. The number of anilines is 1. The Balaban J connectivity index is 1.30. The van der Waals surface area contributed by atoms with E-state index in [4.69, 9.17) is 4.74 Å². The summed E-state index contributed by atoms with van der Waals surface area (Å²) in [6, 6.07) is 6.93. The van der Waals surface area contributed by atoms with Crippen LogP contribution in [0.15, 0.2) is 36.4 Å². The molecule has 6 nitrogen and oxygen atoms in total. The van der Waals surface area contributed by atoms with Gasteiger partial charge >= 0.3 is 0 Å². The lowest BCUT2D eigenvalue weighted by Gasteiger charge is -2.37. The highest BCUT2D eigenvalue weighted by molar-refractivity contribution is 6.09. The summed E-state index contributed by atoms with van der Waals surface area (Å²) in [6.07, 6.45) is 5.39. The summed E-state index contributed by atoms with van der Waals surface area (Å²) < 4.78 is 5.09. The molecule has 2 saturated carbocycles. The first-order valence-electron chi connectivity index (χ1n) is 9.06. The van der Waals surface area contributed by atoms with E-state index in [2.05, 4.69) is 17.5 Å². The van der Waals surface area contributed by atoms with Gasteiger partial charge in [0, 0.05) is 5.69 Å². The number of hydrogen-bond donors (Lipinski definition) is 1. The molecule has 1 heterocycles. The quantitative estimate of drug-likeness (QED) is 0.661. The Labute approximate surface area is 151 Å². The molecule has 3 amide bonds. The first-order valence-corrected chi connectivity index (χ1v) is 9.06. The van der Waals surface area contributed by atoms with Crippen LogP contribution in [0.5, 0.6) is 5.75 Å². The van der Waals surface area contributed by atoms with Crippen LogP contribution >= 0.6 is 0 Å². The van der Waals surface area contributed by atoms with Crippen molar-refractivity contribution >= 4 is 23.4 Å². The fraction of sp³-hybridized carbons (Fsp3) is 0.450. The number of likely N-dealkylation sites (tertiary alicyclic amines) is 1. The zero-order valence-electron chi connectivity index (χ0n) is 14.4. The zero-order chi connectivity index (χ0) is 18.0. The molecule has 1 aromatic carbocycles. The van der Waals surface area contributed by atoms with Crippen molar-refractivity contribution in [2.45, 2.75) is 6.42 Å². The van der Waals surface area contributed by atoms with Gasteiger partial charge in [0.15, 0.2) is 0 Å². The van der Waals surface area contributed by atoms with Gasteiger partial charge in [-0.3, -0.25) is 19.3 Å². The van der Waals surface area contributed by atoms with Crippen molar-refractivity contribution in [3.05, 3.63) is 36.4 Å². The minimum Gasteiger partial charge on any atom is -0.497 e. The summed E-state index contributed by atoms with van der Waals surface area (Å²) in [4.78, 5) is 39.2. The number of rotatable bonds is 4. The van der Waals surface area contributed by atoms with Crippen LogP contribution in [-0.2, 0) is 14.4 Å². The van der Waals surface area contributed by atoms with Crippen LogP contribution in [-0.4, -0.2) is 36.3 Å². The molecule has 0 unspecified atom stereocenters. The van der Waals surface area contributed by atoms with Crippen LogP contribution in [0, 0.1) is 35.5 Å². The van der Waals surface area contributed by atoms with Gasteiger partial charge in [-0.1, -0.05) is 12.2 Å². The molecule has 6 atom stereocenters. The predicted octanol–water partition coefficient (Wildman–Crippen LogP) is 1.69. The van der Waals surface area contributed by atoms with E-state index in [1.165, 1.54) is 4.90 Å². The van der Waals surface area contributed by atoms with Crippen molar-refractivity contribution in [2.24, 2.45) is 35.5 Å². The number of nitrogens with zero attached hydrogens (tertiary/aromatic N) is 1. The SMILES string of the molecule is COc1ccc(NC(=O)CN2C(=O)[C@@H]3[C@H]4C=C[C@@H]([C@@H]5C[C@@H]45)[C@@H]3C2=O)cc1. The minimum absolute atomic E-state index is 0.172. The maximum Gasteiger partial charge on any atom is 0.244 e. The molecule has 0 radical (unpaired) electrons. The van der Waals surface area contributed by atoms with Crippen LogP contribution in [0.2, 0.25) is 0 Å². The summed E-state index contributed by atoms with van der Waals surface area (Å²) in [5.41, 5.74) is 0.607. The van der Waals surface area contributed by atoms with Crippen LogP contribution in [0.3, 0.4) is 0 Å². The number of nitrogens with one attached hydrogen (secondary N) is 1. The average Bonchev–Trinajstić information content (AvgIpc) is 3.43. The molecule has 26 heavy (non-hydrogen) atoms. The third-order valence-corrected chi connectivity index (χ3v) is 6.43. The van der Waals surface area contributed by atoms with Gasteiger partial charge in [-0.2, -0.15) is 0 Å². The van der Waals surface area contributed by atoms with Crippen molar-refractivity contribution in [1.29, 1.82) is 0 Å². The first kappa shape index (κ1) is 15.6. The molecule has 1 N–H and O–H groups in total. The predicted molar refractivity (Wildman–Crippen MR) is 93.0 cm³/mol. The number of allylic oxidation sites excluding steroid dienone is 2. The van der Waals surface area contributed by atoms with E-state index < -0.39 is 0 Å². The van der Waals surface area contributed by atoms with E-state index in [9.17, 15) is 14.4 Å². The van der Waals surface area contributed by atoms with Gasteiger partial charge in [0.05, 0.1) is 18.9 Å². The molecule has 0 aromatic heterocycles. The summed E-state index contributed by atoms with van der Waals surface area (Å²) >= 11 is 0. The Hall–Kier alpha value is -2.63. The molecule has 4 aliphatic carbocycles. The highest BCUT2D eigenvalue weighted by Crippen LogP contribution is 2.65. The standard InChI is InChI=1S/C20H20N2O4/c1-26-11-4-2-10(3-5-11)21-16(23)9-22-19(24)17-12-6-7-13(15-8-14(12)15)18(17)20(22)25/h2-7,12-15,17-18H,8-9H2,1H3,(H,21,23)/t12-,13-,14-,15-,17-,18+/m0/s1. The van der Waals surface area contributed by atoms with E-state index in [-0.39, 0.29) is 47.9 Å². The summed E-state index contributed by atoms with van der Waals surface area (Å²) in [7, 11) is 1.57. The highest BCUT2D eigenvalue weighted by atomic mass is 16.5.